The monoisotopic (exact) mass is 275 g/mol. The quantitative estimate of drug-likeness (QED) is 0.856. The Morgan fingerprint density at radius 1 is 1.42 bits per heavy atom. The molecule has 2 aromatic heterocycles. The van der Waals surface area contributed by atoms with Crippen LogP contribution in [-0.4, -0.2) is 40.0 Å². The molecule has 19 heavy (non-hydrogen) atoms. The maximum absolute atomic E-state index is 12.1. The van der Waals surface area contributed by atoms with E-state index in [1.807, 2.05) is 18.4 Å². The minimum atomic E-state index is 0.00601. The predicted molar refractivity (Wildman–Crippen MR) is 71.4 cm³/mol. The van der Waals surface area contributed by atoms with E-state index in [0.29, 0.717) is 23.8 Å². The van der Waals surface area contributed by atoms with Crippen LogP contribution in [0.5, 0.6) is 5.19 Å². The molecule has 3 rings (SSSR count). The molecule has 0 saturated carbocycles. The van der Waals surface area contributed by atoms with E-state index in [-0.39, 0.29) is 12.0 Å². The molecule has 5 nitrogen and oxygen atoms in total. The fourth-order valence-corrected chi connectivity index (χ4v) is 2.42. The number of hydrogen-bond acceptors (Lipinski definition) is 5. The molecular weight excluding hydrogens is 262 g/mol. The number of aryl methyl sites for hydroxylation is 1. The number of ether oxygens (including phenoxy) is 1. The molecule has 6 heteroatoms. The zero-order chi connectivity index (χ0) is 13.2. The Morgan fingerprint density at radius 2 is 2.26 bits per heavy atom. The molecule has 98 valence electrons. The zero-order valence-electron chi connectivity index (χ0n) is 10.4. The number of hydrogen-bond donors (Lipinski definition) is 0. The number of nitrogens with zero attached hydrogens (tertiary/aromatic N) is 3. The fourth-order valence-electron chi connectivity index (χ4n) is 1.87. The first kappa shape index (κ1) is 12.1. The molecule has 0 bridgehead atoms. The van der Waals surface area contributed by atoms with E-state index in [2.05, 4.69) is 9.97 Å². The summed E-state index contributed by atoms with van der Waals surface area (Å²) < 4.78 is 5.62. The summed E-state index contributed by atoms with van der Waals surface area (Å²) in [5.41, 5.74) is 1.53. The fraction of sp³-hybridized carbons (Fsp3) is 0.308. The third-order valence-corrected chi connectivity index (χ3v) is 3.63. The van der Waals surface area contributed by atoms with Crippen LogP contribution in [0, 0.1) is 6.92 Å². The maximum atomic E-state index is 12.1. The van der Waals surface area contributed by atoms with Crippen LogP contribution < -0.4 is 4.74 Å². The molecule has 1 aliphatic heterocycles. The molecule has 1 fully saturated rings. The number of carbonyl (C=O) groups is 1. The summed E-state index contributed by atoms with van der Waals surface area (Å²) in [4.78, 5) is 22.1. The summed E-state index contributed by atoms with van der Waals surface area (Å²) in [6.07, 6.45) is 3.38. The van der Waals surface area contributed by atoms with E-state index >= 15 is 0 Å². The van der Waals surface area contributed by atoms with Crippen molar-refractivity contribution in [3.8, 4) is 5.19 Å². The molecule has 0 spiro atoms. The van der Waals surface area contributed by atoms with Crippen molar-refractivity contribution in [1.82, 2.24) is 14.9 Å². The Balaban J connectivity index is 1.55. The highest BCUT2D eigenvalue weighted by Crippen LogP contribution is 2.21. The highest BCUT2D eigenvalue weighted by molar-refractivity contribution is 7.11. The summed E-state index contributed by atoms with van der Waals surface area (Å²) in [5.74, 6) is 0.00601. The van der Waals surface area contributed by atoms with Gasteiger partial charge in [-0.1, -0.05) is 11.3 Å². The molecule has 3 heterocycles. The van der Waals surface area contributed by atoms with E-state index in [1.54, 1.807) is 23.4 Å². The van der Waals surface area contributed by atoms with E-state index in [0.717, 1.165) is 5.69 Å². The molecule has 1 aliphatic rings. The minimum absolute atomic E-state index is 0.00601. The van der Waals surface area contributed by atoms with Crippen LogP contribution in [0.2, 0.25) is 0 Å². The van der Waals surface area contributed by atoms with E-state index in [1.165, 1.54) is 11.3 Å². The van der Waals surface area contributed by atoms with Crippen LogP contribution >= 0.6 is 11.3 Å². The molecule has 0 N–H and O–H groups in total. The smallest absolute Gasteiger partial charge is 0.273 e. The Kier molecular flexibility index (Phi) is 3.16. The predicted octanol–water partition coefficient (Wildman–Crippen LogP) is 1.75. The van der Waals surface area contributed by atoms with Gasteiger partial charge < -0.3 is 9.64 Å². The number of carbonyl (C=O) groups excluding carboxylic acids is 1. The van der Waals surface area contributed by atoms with Crippen molar-refractivity contribution in [2.45, 2.75) is 13.0 Å². The molecule has 0 atom stereocenters. The lowest BCUT2D eigenvalue weighted by atomic mass is 10.1. The van der Waals surface area contributed by atoms with Gasteiger partial charge in [0.05, 0.1) is 18.7 Å². The van der Waals surface area contributed by atoms with Gasteiger partial charge in [0.25, 0.3) is 11.1 Å². The van der Waals surface area contributed by atoms with Crippen molar-refractivity contribution in [2.75, 3.05) is 13.1 Å². The van der Waals surface area contributed by atoms with Gasteiger partial charge in [-0.05, 0) is 19.1 Å². The third kappa shape index (κ3) is 2.58. The second-order valence-electron chi connectivity index (χ2n) is 4.44. The second kappa shape index (κ2) is 4.97. The van der Waals surface area contributed by atoms with E-state index in [4.69, 9.17) is 4.74 Å². The first-order valence-electron chi connectivity index (χ1n) is 6.00. The lowest BCUT2D eigenvalue weighted by molar-refractivity contribution is 0.0177. The molecule has 0 radical (unpaired) electrons. The minimum Gasteiger partial charge on any atom is -0.463 e. The summed E-state index contributed by atoms with van der Waals surface area (Å²) in [6, 6.07) is 3.65. The molecule has 1 saturated heterocycles. The van der Waals surface area contributed by atoms with Crippen LogP contribution in [0.25, 0.3) is 0 Å². The van der Waals surface area contributed by atoms with Crippen molar-refractivity contribution in [3.05, 3.63) is 41.2 Å². The van der Waals surface area contributed by atoms with Crippen molar-refractivity contribution in [2.24, 2.45) is 0 Å². The molecule has 0 aliphatic carbocycles. The van der Waals surface area contributed by atoms with Gasteiger partial charge in [0, 0.05) is 23.5 Å². The standard InChI is InChI=1S/C13H13N3O2S/c1-9-2-3-10(6-15-9)12(17)16-7-11(8-16)18-13-14-4-5-19-13/h2-6,11H,7-8H2,1H3. The Bertz CT molecular complexity index is 562. The van der Waals surface area contributed by atoms with Crippen molar-refractivity contribution in [3.63, 3.8) is 0 Å². The Hall–Kier alpha value is -1.95. The van der Waals surface area contributed by atoms with Gasteiger partial charge in [-0.2, -0.15) is 0 Å². The van der Waals surface area contributed by atoms with Crippen molar-refractivity contribution < 1.29 is 9.53 Å². The Labute approximate surface area is 114 Å². The average Bonchev–Trinajstić information content (AvgIpc) is 2.86. The van der Waals surface area contributed by atoms with Gasteiger partial charge in [-0.25, -0.2) is 4.98 Å². The van der Waals surface area contributed by atoms with Crippen LogP contribution in [0.15, 0.2) is 29.9 Å². The van der Waals surface area contributed by atoms with Gasteiger partial charge in [0.15, 0.2) is 0 Å². The topological polar surface area (TPSA) is 55.3 Å². The van der Waals surface area contributed by atoms with Crippen LogP contribution in [0.3, 0.4) is 0 Å². The third-order valence-electron chi connectivity index (χ3n) is 2.97. The lowest BCUT2D eigenvalue weighted by Gasteiger charge is -2.38. The zero-order valence-corrected chi connectivity index (χ0v) is 11.3. The first-order valence-corrected chi connectivity index (χ1v) is 6.88. The van der Waals surface area contributed by atoms with Crippen molar-refractivity contribution >= 4 is 17.2 Å². The number of pyridine rings is 1. The van der Waals surface area contributed by atoms with Gasteiger partial charge in [0.2, 0.25) is 0 Å². The van der Waals surface area contributed by atoms with Gasteiger partial charge in [0.1, 0.15) is 6.10 Å². The van der Waals surface area contributed by atoms with E-state index in [9.17, 15) is 4.79 Å². The largest absolute Gasteiger partial charge is 0.463 e. The molecular formula is C13H13N3O2S. The summed E-state index contributed by atoms with van der Waals surface area (Å²) in [6.45, 7) is 3.11. The molecule has 0 unspecified atom stereocenters. The van der Waals surface area contributed by atoms with Crippen molar-refractivity contribution in [1.29, 1.82) is 0 Å². The highest BCUT2D eigenvalue weighted by atomic mass is 32.1. The molecule has 1 amide bonds. The van der Waals surface area contributed by atoms with Crippen LogP contribution in [0.4, 0.5) is 0 Å². The number of likely N-dealkylation sites (tertiary alicyclic amines) is 1. The summed E-state index contributed by atoms with van der Waals surface area (Å²) in [5, 5.41) is 2.53. The summed E-state index contributed by atoms with van der Waals surface area (Å²) >= 11 is 1.46. The second-order valence-corrected chi connectivity index (χ2v) is 5.29. The maximum Gasteiger partial charge on any atom is 0.273 e. The lowest BCUT2D eigenvalue weighted by Crippen LogP contribution is -2.56. The number of rotatable bonds is 3. The summed E-state index contributed by atoms with van der Waals surface area (Å²) in [7, 11) is 0. The Morgan fingerprint density at radius 3 is 2.89 bits per heavy atom. The van der Waals surface area contributed by atoms with Crippen LogP contribution in [0.1, 0.15) is 16.1 Å². The van der Waals surface area contributed by atoms with Gasteiger partial charge in [-0.15, -0.1) is 0 Å². The normalized spacial score (nSPS) is 15.1. The molecule has 0 aromatic carbocycles. The highest BCUT2D eigenvalue weighted by Gasteiger charge is 2.33. The first-order chi connectivity index (χ1) is 9.22. The van der Waals surface area contributed by atoms with Crippen LogP contribution in [-0.2, 0) is 0 Å². The van der Waals surface area contributed by atoms with E-state index < -0.39 is 0 Å². The number of thiazole rings is 1. The number of aromatic nitrogens is 2. The molecule has 2 aromatic rings. The van der Waals surface area contributed by atoms with Gasteiger partial charge in [-0.3, -0.25) is 9.78 Å². The average molecular weight is 275 g/mol. The number of amides is 1. The SMILES string of the molecule is Cc1ccc(C(=O)N2CC(Oc3nccs3)C2)cn1. The van der Waals surface area contributed by atoms with Gasteiger partial charge >= 0.3 is 0 Å².